The van der Waals surface area contributed by atoms with E-state index < -0.39 is 32.4 Å². The number of phosphoric acid groups is 1. The van der Waals surface area contributed by atoms with Crippen molar-refractivity contribution < 1.29 is 34.2 Å². The van der Waals surface area contributed by atoms with Gasteiger partial charge in [-0.3, -0.25) is 4.52 Å². The Kier molecular flexibility index (Phi) is 6.26. The maximum atomic E-state index is 10.7. The lowest BCUT2D eigenvalue weighted by molar-refractivity contribution is -0.152. The SMILES string of the molecule is CC(O)(O)c1ccc(CCC(N)(CO)COP(=O)(O)O)cc1. The van der Waals surface area contributed by atoms with Gasteiger partial charge < -0.3 is 30.8 Å². The molecule has 0 bridgehead atoms. The van der Waals surface area contributed by atoms with Gasteiger partial charge in [0.1, 0.15) is 0 Å². The minimum atomic E-state index is -4.64. The average molecular weight is 335 g/mol. The molecular formula is C13H22NO7P. The van der Waals surface area contributed by atoms with E-state index in [1.807, 2.05) is 0 Å². The van der Waals surface area contributed by atoms with Crippen molar-refractivity contribution in [3.8, 4) is 0 Å². The van der Waals surface area contributed by atoms with E-state index >= 15 is 0 Å². The molecule has 0 aliphatic rings. The standard InChI is InChI=1S/C13H22NO7P/c1-12(16,17)11-4-2-10(3-5-11)6-7-13(14,8-15)9-21-22(18,19)20/h2-5,15-17H,6-9,14H2,1H3,(H2,18,19,20). The number of aliphatic hydroxyl groups excluding tert-OH is 1. The highest BCUT2D eigenvalue weighted by Gasteiger charge is 2.28. The van der Waals surface area contributed by atoms with Gasteiger partial charge in [0.15, 0.2) is 5.79 Å². The molecule has 1 unspecified atom stereocenters. The van der Waals surface area contributed by atoms with Crippen molar-refractivity contribution in [2.75, 3.05) is 13.2 Å². The van der Waals surface area contributed by atoms with Gasteiger partial charge in [0.25, 0.3) is 0 Å². The first-order valence-corrected chi connectivity index (χ1v) is 8.12. The van der Waals surface area contributed by atoms with Crippen LogP contribution in [0.25, 0.3) is 0 Å². The quantitative estimate of drug-likeness (QED) is 0.276. The van der Waals surface area contributed by atoms with Gasteiger partial charge in [0, 0.05) is 5.56 Å². The number of phosphoric ester groups is 1. The summed E-state index contributed by atoms with van der Waals surface area (Å²) in [6.07, 6.45) is 0.661. The normalized spacial score (nSPS) is 15.6. The van der Waals surface area contributed by atoms with Gasteiger partial charge in [-0.2, -0.15) is 0 Å². The predicted molar refractivity (Wildman–Crippen MR) is 78.6 cm³/mol. The number of aliphatic hydroxyl groups is 3. The molecule has 126 valence electrons. The van der Waals surface area contributed by atoms with Crippen LogP contribution in [0.2, 0.25) is 0 Å². The second-order valence-electron chi connectivity index (χ2n) is 5.50. The van der Waals surface area contributed by atoms with Gasteiger partial charge >= 0.3 is 7.82 Å². The molecule has 1 atom stereocenters. The van der Waals surface area contributed by atoms with Gasteiger partial charge in [-0.1, -0.05) is 24.3 Å². The Morgan fingerprint density at radius 1 is 1.23 bits per heavy atom. The van der Waals surface area contributed by atoms with Crippen LogP contribution in [0, 0.1) is 0 Å². The highest BCUT2D eigenvalue weighted by Crippen LogP contribution is 2.36. The Bertz CT molecular complexity index is 522. The molecule has 7 N–H and O–H groups in total. The van der Waals surface area contributed by atoms with Crippen molar-refractivity contribution in [2.24, 2.45) is 5.73 Å². The van der Waals surface area contributed by atoms with Crippen LogP contribution in [0.5, 0.6) is 0 Å². The lowest BCUT2D eigenvalue weighted by Gasteiger charge is -2.27. The van der Waals surface area contributed by atoms with Crippen LogP contribution in [-0.4, -0.2) is 43.9 Å². The molecule has 0 aliphatic carbocycles. The molecule has 1 aromatic rings. The molecule has 0 saturated carbocycles. The van der Waals surface area contributed by atoms with Crippen molar-refractivity contribution in [3.05, 3.63) is 35.4 Å². The van der Waals surface area contributed by atoms with Crippen molar-refractivity contribution in [1.29, 1.82) is 0 Å². The average Bonchev–Trinajstić information content (AvgIpc) is 2.42. The molecule has 0 saturated heterocycles. The van der Waals surface area contributed by atoms with Crippen molar-refractivity contribution in [2.45, 2.75) is 31.1 Å². The van der Waals surface area contributed by atoms with Gasteiger partial charge in [0.2, 0.25) is 0 Å². The minimum absolute atomic E-state index is 0.234. The summed E-state index contributed by atoms with van der Waals surface area (Å²) in [5.41, 5.74) is 5.74. The molecule has 1 aromatic carbocycles. The summed E-state index contributed by atoms with van der Waals surface area (Å²) in [5, 5.41) is 28.2. The number of nitrogens with two attached hydrogens (primary N) is 1. The van der Waals surface area contributed by atoms with Gasteiger partial charge in [-0.15, -0.1) is 0 Å². The topological polar surface area (TPSA) is 153 Å². The lowest BCUT2D eigenvalue weighted by Crippen LogP contribution is -2.48. The molecule has 0 spiro atoms. The van der Waals surface area contributed by atoms with Crippen LogP contribution in [0.15, 0.2) is 24.3 Å². The second-order valence-corrected chi connectivity index (χ2v) is 6.74. The van der Waals surface area contributed by atoms with Crippen LogP contribution < -0.4 is 5.73 Å². The highest BCUT2D eigenvalue weighted by atomic mass is 31.2. The smallest absolute Gasteiger partial charge is 0.394 e. The lowest BCUT2D eigenvalue weighted by atomic mass is 9.93. The minimum Gasteiger partial charge on any atom is -0.394 e. The summed E-state index contributed by atoms with van der Waals surface area (Å²) in [7, 11) is -4.64. The molecule has 9 heteroatoms. The Balaban J connectivity index is 2.64. The number of benzene rings is 1. The van der Waals surface area contributed by atoms with Gasteiger partial charge in [-0.05, 0) is 25.3 Å². The van der Waals surface area contributed by atoms with E-state index in [0.29, 0.717) is 12.0 Å². The predicted octanol–water partition coefficient (Wildman–Crippen LogP) is -0.424. The molecule has 22 heavy (non-hydrogen) atoms. The third-order valence-electron chi connectivity index (χ3n) is 3.25. The zero-order chi connectivity index (χ0) is 17.0. The van der Waals surface area contributed by atoms with Gasteiger partial charge in [0.05, 0.1) is 18.8 Å². The van der Waals surface area contributed by atoms with Crippen molar-refractivity contribution >= 4 is 7.82 Å². The Labute approximate surface area is 128 Å². The third-order valence-corrected chi connectivity index (χ3v) is 3.71. The first-order chi connectivity index (χ1) is 9.95. The number of rotatable bonds is 8. The summed E-state index contributed by atoms with van der Waals surface area (Å²) in [6.45, 7) is 0.283. The molecule has 0 radical (unpaired) electrons. The Morgan fingerprint density at radius 3 is 2.18 bits per heavy atom. The molecule has 8 nitrogen and oxygen atoms in total. The van der Waals surface area contributed by atoms with Crippen molar-refractivity contribution in [1.82, 2.24) is 0 Å². The summed E-state index contributed by atoms with van der Waals surface area (Å²) in [6, 6.07) is 6.47. The Hall–Kier alpha value is -0.830. The first kappa shape index (κ1) is 19.2. The van der Waals surface area contributed by atoms with E-state index in [-0.39, 0.29) is 6.42 Å². The van der Waals surface area contributed by atoms with E-state index in [4.69, 9.17) is 15.5 Å². The zero-order valence-electron chi connectivity index (χ0n) is 12.2. The summed E-state index contributed by atoms with van der Waals surface area (Å²) in [4.78, 5) is 17.3. The maximum absolute atomic E-state index is 10.7. The molecular weight excluding hydrogens is 313 g/mol. The van der Waals surface area contributed by atoms with E-state index in [9.17, 15) is 19.9 Å². The van der Waals surface area contributed by atoms with Crippen LogP contribution in [0.1, 0.15) is 24.5 Å². The molecule has 1 rings (SSSR count). The molecule has 0 aromatic heterocycles. The van der Waals surface area contributed by atoms with Crippen molar-refractivity contribution in [3.63, 3.8) is 0 Å². The van der Waals surface area contributed by atoms with E-state index in [0.717, 1.165) is 5.56 Å². The second kappa shape index (κ2) is 7.16. The number of hydrogen-bond donors (Lipinski definition) is 6. The van der Waals surface area contributed by atoms with E-state index in [1.165, 1.54) is 6.92 Å². The summed E-state index contributed by atoms with van der Waals surface area (Å²) >= 11 is 0. The fraction of sp³-hybridized carbons (Fsp3) is 0.538. The molecule has 0 aliphatic heterocycles. The number of hydrogen-bond acceptors (Lipinski definition) is 6. The summed E-state index contributed by atoms with van der Waals surface area (Å²) < 4.78 is 15.0. The van der Waals surface area contributed by atoms with Crippen LogP contribution in [0.4, 0.5) is 0 Å². The Morgan fingerprint density at radius 2 is 1.77 bits per heavy atom. The fourth-order valence-electron chi connectivity index (χ4n) is 1.79. The largest absolute Gasteiger partial charge is 0.469 e. The maximum Gasteiger partial charge on any atom is 0.469 e. The number of aryl methyl sites for hydroxylation is 1. The zero-order valence-corrected chi connectivity index (χ0v) is 13.1. The molecule has 0 amide bonds. The van der Waals surface area contributed by atoms with E-state index in [1.54, 1.807) is 24.3 Å². The highest BCUT2D eigenvalue weighted by molar-refractivity contribution is 7.46. The van der Waals surface area contributed by atoms with Crippen LogP contribution >= 0.6 is 7.82 Å². The third kappa shape index (κ3) is 6.51. The molecule has 0 fully saturated rings. The first-order valence-electron chi connectivity index (χ1n) is 6.59. The van der Waals surface area contributed by atoms with E-state index in [2.05, 4.69) is 4.52 Å². The van der Waals surface area contributed by atoms with Gasteiger partial charge in [-0.25, -0.2) is 4.57 Å². The summed E-state index contributed by atoms with van der Waals surface area (Å²) in [5.74, 6) is -1.92. The monoisotopic (exact) mass is 335 g/mol. The fourth-order valence-corrected chi connectivity index (χ4v) is 2.22. The van der Waals surface area contributed by atoms with Crippen LogP contribution in [-0.2, 0) is 21.3 Å². The molecule has 0 heterocycles. The van der Waals surface area contributed by atoms with Crippen LogP contribution in [0.3, 0.4) is 0 Å².